The second-order valence-corrected chi connectivity index (χ2v) is 4.17. The minimum atomic E-state index is -0.124. The van der Waals surface area contributed by atoms with Crippen molar-refractivity contribution >= 4 is 0 Å². The highest BCUT2D eigenvalue weighted by Gasteiger charge is 2.33. The number of hydrogen-bond donors (Lipinski definition) is 0. The Kier molecular flexibility index (Phi) is 2.87. The molecule has 0 atom stereocenters. The SMILES string of the molecule is CCC1(CC)C[C]c2ccc(C#N)cc2O1. The molecular formula is C14H15NO. The molecule has 2 radical (unpaired) electrons. The largest absolute Gasteiger partial charge is 0.487 e. The molecule has 0 aliphatic carbocycles. The minimum Gasteiger partial charge on any atom is -0.487 e. The van der Waals surface area contributed by atoms with Gasteiger partial charge in [-0.05, 0) is 31.4 Å². The zero-order chi connectivity index (χ0) is 11.6. The van der Waals surface area contributed by atoms with Crippen molar-refractivity contribution in [2.24, 2.45) is 0 Å². The Hall–Kier alpha value is -1.49. The van der Waals surface area contributed by atoms with Gasteiger partial charge < -0.3 is 4.74 Å². The Morgan fingerprint density at radius 3 is 2.81 bits per heavy atom. The molecule has 1 aliphatic heterocycles. The van der Waals surface area contributed by atoms with Gasteiger partial charge in [0.05, 0.1) is 11.6 Å². The minimum absolute atomic E-state index is 0.124. The maximum Gasteiger partial charge on any atom is 0.125 e. The molecule has 0 saturated heterocycles. The summed E-state index contributed by atoms with van der Waals surface area (Å²) < 4.78 is 6.05. The first-order valence-electron chi connectivity index (χ1n) is 5.70. The Morgan fingerprint density at radius 1 is 1.44 bits per heavy atom. The Bertz CT molecular complexity index is 427. The molecule has 0 unspecified atom stereocenters. The van der Waals surface area contributed by atoms with Gasteiger partial charge in [-0.15, -0.1) is 0 Å². The first kappa shape index (κ1) is 11.0. The van der Waals surface area contributed by atoms with E-state index in [2.05, 4.69) is 26.3 Å². The summed E-state index contributed by atoms with van der Waals surface area (Å²) in [4.78, 5) is 0. The molecule has 0 saturated carbocycles. The fourth-order valence-electron chi connectivity index (χ4n) is 1.99. The quantitative estimate of drug-likeness (QED) is 0.755. The number of ether oxygens (including phenoxy) is 1. The molecule has 2 rings (SSSR count). The number of fused-ring (bicyclic) bond motifs is 1. The predicted octanol–water partition coefficient (Wildman–Crippen LogP) is 3.33. The van der Waals surface area contributed by atoms with Crippen LogP contribution in [0.2, 0.25) is 0 Å². The van der Waals surface area contributed by atoms with Crippen LogP contribution in [0.4, 0.5) is 0 Å². The third-order valence-electron chi connectivity index (χ3n) is 3.33. The summed E-state index contributed by atoms with van der Waals surface area (Å²) in [6.07, 6.45) is 6.13. The van der Waals surface area contributed by atoms with Gasteiger partial charge in [-0.3, -0.25) is 0 Å². The van der Waals surface area contributed by atoms with E-state index in [9.17, 15) is 0 Å². The molecule has 0 aromatic heterocycles. The molecule has 1 heterocycles. The fraction of sp³-hybridized carbons (Fsp3) is 0.429. The molecule has 0 fully saturated rings. The smallest absolute Gasteiger partial charge is 0.125 e. The van der Waals surface area contributed by atoms with E-state index in [1.54, 1.807) is 6.07 Å². The Labute approximate surface area is 96.9 Å². The summed E-state index contributed by atoms with van der Waals surface area (Å²) in [5.74, 6) is 0.800. The molecule has 0 spiro atoms. The van der Waals surface area contributed by atoms with Crippen LogP contribution in [0.3, 0.4) is 0 Å². The van der Waals surface area contributed by atoms with Crippen molar-refractivity contribution in [3.63, 3.8) is 0 Å². The summed E-state index contributed by atoms with van der Waals surface area (Å²) in [5, 5.41) is 8.86. The lowest BCUT2D eigenvalue weighted by molar-refractivity contribution is 0.0509. The van der Waals surface area contributed by atoms with Crippen molar-refractivity contribution in [3.05, 3.63) is 35.7 Å². The molecule has 1 aromatic carbocycles. The highest BCUT2D eigenvalue weighted by Crippen LogP contribution is 2.38. The van der Waals surface area contributed by atoms with E-state index >= 15 is 0 Å². The molecule has 0 bridgehead atoms. The summed E-state index contributed by atoms with van der Waals surface area (Å²) >= 11 is 0. The summed E-state index contributed by atoms with van der Waals surface area (Å²) in [5.41, 5.74) is 1.50. The van der Waals surface area contributed by atoms with Gasteiger partial charge in [-0.25, -0.2) is 0 Å². The number of hydrogen-bond acceptors (Lipinski definition) is 2. The molecule has 2 nitrogen and oxygen atoms in total. The van der Waals surface area contributed by atoms with Crippen LogP contribution in [0.15, 0.2) is 18.2 Å². The zero-order valence-electron chi connectivity index (χ0n) is 9.71. The topological polar surface area (TPSA) is 33.0 Å². The third kappa shape index (κ3) is 1.78. The predicted molar refractivity (Wildman–Crippen MR) is 62.1 cm³/mol. The van der Waals surface area contributed by atoms with Crippen molar-refractivity contribution in [1.82, 2.24) is 0 Å². The maximum atomic E-state index is 8.86. The summed E-state index contributed by atoms with van der Waals surface area (Å²) in [7, 11) is 0. The second kappa shape index (κ2) is 4.17. The average Bonchev–Trinajstić information content (AvgIpc) is 2.37. The average molecular weight is 213 g/mol. The summed E-state index contributed by atoms with van der Waals surface area (Å²) in [6, 6.07) is 7.65. The Balaban J connectivity index is 2.35. The number of nitrogens with zero attached hydrogens (tertiary/aromatic N) is 1. The van der Waals surface area contributed by atoms with Crippen LogP contribution < -0.4 is 4.74 Å². The molecule has 2 heteroatoms. The van der Waals surface area contributed by atoms with Crippen molar-refractivity contribution in [3.8, 4) is 11.8 Å². The highest BCUT2D eigenvalue weighted by atomic mass is 16.5. The van der Waals surface area contributed by atoms with Gasteiger partial charge in [0, 0.05) is 12.0 Å². The van der Waals surface area contributed by atoms with Crippen LogP contribution in [-0.4, -0.2) is 5.60 Å². The molecule has 0 N–H and O–H groups in total. The van der Waals surface area contributed by atoms with Gasteiger partial charge in [0.15, 0.2) is 0 Å². The molecule has 82 valence electrons. The maximum absolute atomic E-state index is 8.86. The van der Waals surface area contributed by atoms with Gasteiger partial charge in [0.1, 0.15) is 11.4 Å². The fourth-order valence-corrected chi connectivity index (χ4v) is 1.99. The van der Waals surface area contributed by atoms with E-state index in [4.69, 9.17) is 10.00 Å². The molecular weight excluding hydrogens is 198 g/mol. The normalized spacial score (nSPS) is 17.1. The van der Waals surface area contributed by atoms with Crippen LogP contribution in [0.1, 0.15) is 44.2 Å². The molecule has 1 aromatic rings. The van der Waals surface area contributed by atoms with Gasteiger partial charge in [-0.2, -0.15) is 5.26 Å². The van der Waals surface area contributed by atoms with E-state index in [1.807, 2.05) is 12.1 Å². The van der Waals surface area contributed by atoms with Gasteiger partial charge >= 0.3 is 0 Å². The Morgan fingerprint density at radius 2 is 2.19 bits per heavy atom. The van der Waals surface area contributed by atoms with Gasteiger partial charge in [0.2, 0.25) is 0 Å². The lowest BCUT2D eigenvalue weighted by Crippen LogP contribution is -2.37. The lowest BCUT2D eigenvalue weighted by Gasteiger charge is -2.37. The molecule has 1 aliphatic rings. The molecule has 16 heavy (non-hydrogen) atoms. The van der Waals surface area contributed by atoms with Gasteiger partial charge in [-0.1, -0.05) is 19.9 Å². The first-order chi connectivity index (χ1) is 7.73. The zero-order valence-corrected chi connectivity index (χ0v) is 9.71. The van der Waals surface area contributed by atoms with Crippen molar-refractivity contribution < 1.29 is 4.74 Å². The van der Waals surface area contributed by atoms with E-state index in [0.717, 1.165) is 30.6 Å². The number of benzene rings is 1. The van der Waals surface area contributed by atoms with Crippen LogP contribution >= 0.6 is 0 Å². The van der Waals surface area contributed by atoms with E-state index in [0.29, 0.717) is 5.56 Å². The standard InChI is InChI=1S/C14H15NO/c1-3-14(4-2)8-7-12-6-5-11(10-15)9-13(12)16-14/h5-6,9H,3-4,8H2,1-2H3. The monoisotopic (exact) mass is 213 g/mol. The van der Waals surface area contributed by atoms with Crippen LogP contribution in [0.5, 0.6) is 5.75 Å². The second-order valence-electron chi connectivity index (χ2n) is 4.17. The van der Waals surface area contributed by atoms with E-state index in [1.165, 1.54) is 0 Å². The first-order valence-corrected chi connectivity index (χ1v) is 5.70. The number of rotatable bonds is 2. The lowest BCUT2D eigenvalue weighted by atomic mass is 9.86. The van der Waals surface area contributed by atoms with E-state index in [-0.39, 0.29) is 5.60 Å². The third-order valence-corrected chi connectivity index (χ3v) is 3.33. The molecule has 0 amide bonds. The van der Waals surface area contributed by atoms with Crippen molar-refractivity contribution in [2.45, 2.75) is 38.7 Å². The van der Waals surface area contributed by atoms with E-state index < -0.39 is 0 Å². The van der Waals surface area contributed by atoms with Crippen LogP contribution in [0, 0.1) is 17.8 Å². The highest BCUT2D eigenvalue weighted by molar-refractivity contribution is 5.47. The number of nitriles is 1. The van der Waals surface area contributed by atoms with Crippen molar-refractivity contribution in [1.29, 1.82) is 5.26 Å². The summed E-state index contributed by atoms with van der Waals surface area (Å²) in [6.45, 7) is 4.26. The van der Waals surface area contributed by atoms with Gasteiger partial charge in [0.25, 0.3) is 0 Å². The van der Waals surface area contributed by atoms with Crippen LogP contribution in [0.25, 0.3) is 0 Å². The van der Waals surface area contributed by atoms with Crippen molar-refractivity contribution in [2.75, 3.05) is 0 Å². The van der Waals surface area contributed by atoms with Crippen LogP contribution in [-0.2, 0) is 0 Å².